The Morgan fingerprint density at radius 2 is 2.00 bits per heavy atom. The summed E-state index contributed by atoms with van der Waals surface area (Å²) in [5.41, 5.74) is 3.54. The van der Waals surface area contributed by atoms with Crippen molar-refractivity contribution in [2.45, 2.75) is 31.8 Å². The molecule has 3 heterocycles. The molecule has 35 heavy (non-hydrogen) atoms. The number of fused-ring (bicyclic) bond motifs is 1. The topological polar surface area (TPSA) is 101 Å². The smallest absolute Gasteiger partial charge is 0.257 e. The number of nitrogens with zero attached hydrogens (tertiary/aromatic N) is 4. The Morgan fingerprint density at radius 3 is 2.86 bits per heavy atom. The number of hydrogen-bond acceptors (Lipinski definition) is 7. The third-order valence-electron chi connectivity index (χ3n) is 6.40. The van der Waals surface area contributed by atoms with Crippen molar-refractivity contribution in [2.75, 3.05) is 35.7 Å². The van der Waals surface area contributed by atoms with E-state index in [1.807, 2.05) is 23.1 Å². The summed E-state index contributed by atoms with van der Waals surface area (Å²) < 4.78 is 0. The van der Waals surface area contributed by atoms with E-state index in [0.717, 1.165) is 50.3 Å². The molecule has 0 unspecified atom stereocenters. The van der Waals surface area contributed by atoms with Gasteiger partial charge in [-0.3, -0.25) is 14.9 Å². The molecule has 0 bridgehead atoms. The average Bonchev–Trinajstić information content (AvgIpc) is 3.51. The van der Waals surface area contributed by atoms with Gasteiger partial charge in [0.15, 0.2) is 5.13 Å². The summed E-state index contributed by atoms with van der Waals surface area (Å²) in [4.78, 5) is 36.2. The Morgan fingerprint density at radius 1 is 1.14 bits per heavy atom. The summed E-state index contributed by atoms with van der Waals surface area (Å²) in [5, 5.41) is 15.6. The van der Waals surface area contributed by atoms with E-state index in [0.29, 0.717) is 21.9 Å². The number of carbonyl (C=O) groups excluding carboxylic acids is 2. The van der Waals surface area contributed by atoms with E-state index in [2.05, 4.69) is 33.6 Å². The molecule has 1 saturated heterocycles. The summed E-state index contributed by atoms with van der Waals surface area (Å²) >= 11 is 1.53. The minimum atomic E-state index is -0.346. The third kappa shape index (κ3) is 5.04. The van der Waals surface area contributed by atoms with Crippen LogP contribution in [0.3, 0.4) is 0 Å². The molecule has 1 fully saturated rings. The van der Waals surface area contributed by atoms with Crippen molar-refractivity contribution < 1.29 is 9.59 Å². The largest absolute Gasteiger partial charge is 0.359 e. The molecular formula is C26H26N6O2S. The van der Waals surface area contributed by atoms with Gasteiger partial charge in [-0.05, 0) is 56.3 Å². The normalized spacial score (nSPS) is 17.5. The molecule has 9 heteroatoms. The van der Waals surface area contributed by atoms with Gasteiger partial charge in [-0.15, -0.1) is 11.3 Å². The highest BCUT2D eigenvalue weighted by molar-refractivity contribution is 7.15. The average molecular weight is 487 g/mol. The van der Waals surface area contributed by atoms with Gasteiger partial charge in [0.2, 0.25) is 5.91 Å². The lowest BCUT2D eigenvalue weighted by atomic mass is 10.1. The van der Waals surface area contributed by atoms with Crippen LogP contribution in [0.1, 0.15) is 39.3 Å². The number of hydrogen-bond donors (Lipinski definition) is 2. The number of nitriles is 1. The molecule has 2 N–H and O–H groups in total. The minimum absolute atomic E-state index is 0.120. The van der Waals surface area contributed by atoms with Crippen LogP contribution in [0.25, 0.3) is 0 Å². The maximum absolute atomic E-state index is 13.1. The number of benzene rings is 2. The van der Waals surface area contributed by atoms with Gasteiger partial charge in [-0.25, -0.2) is 4.98 Å². The Labute approximate surface area is 208 Å². The fourth-order valence-corrected chi connectivity index (χ4v) is 5.70. The van der Waals surface area contributed by atoms with Gasteiger partial charge < -0.3 is 15.1 Å². The summed E-state index contributed by atoms with van der Waals surface area (Å²) in [6, 6.07) is 16.0. The molecule has 2 amide bonds. The minimum Gasteiger partial charge on any atom is -0.359 e. The number of aromatic nitrogens is 1. The molecule has 0 saturated carbocycles. The molecule has 2 aliphatic heterocycles. The number of rotatable bonds is 5. The molecule has 2 aliphatic rings. The molecular weight excluding hydrogens is 460 g/mol. The highest BCUT2D eigenvalue weighted by Crippen LogP contribution is 2.30. The van der Waals surface area contributed by atoms with E-state index in [9.17, 15) is 9.59 Å². The van der Waals surface area contributed by atoms with Crippen LogP contribution in [-0.2, 0) is 17.8 Å². The van der Waals surface area contributed by atoms with Crippen LogP contribution in [0.15, 0.2) is 48.5 Å². The van der Waals surface area contributed by atoms with Gasteiger partial charge in [-0.2, -0.15) is 5.26 Å². The van der Waals surface area contributed by atoms with Crippen LogP contribution >= 0.6 is 11.3 Å². The molecule has 5 rings (SSSR count). The standard InChI is InChI=1S/C26H26N6O2S/c1-31-12-10-21-23(16-31)35-26(29-21)30-24(33)18-6-3-8-20(14-18)32-11-4-9-22(32)25(34)28-19-7-2-5-17(13-19)15-27/h2-3,5-8,13-14,22H,4,9-12,16H2,1H3,(H,28,34)(H,29,30,33)/t22-/m1/s1. The fraction of sp³-hybridized carbons (Fsp3) is 0.308. The summed E-state index contributed by atoms with van der Waals surface area (Å²) in [6.45, 7) is 2.56. The van der Waals surface area contributed by atoms with Crippen molar-refractivity contribution >= 4 is 39.7 Å². The first-order chi connectivity index (χ1) is 17.0. The highest BCUT2D eigenvalue weighted by atomic mass is 32.1. The van der Waals surface area contributed by atoms with E-state index in [1.165, 1.54) is 16.2 Å². The van der Waals surface area contributed by atoms with Crippen LogP contribution in [0, 0.1) is 11.3 Å². The predicted molar refractivity (Wildman–Crippen MR) is 137 cm³/mol. The first-order valence-corrected chi connectivity index (χ1v) is 12.5. The summed E-state index contributed by atoms with van der Waals surface area (Å²) in [7, 11) is 2.09. The number of carbonyl (C=O) groups is 2. The Bertz CT molecular complexity index is 1310. The highest BCUT2D eigenvalue weighted by Gasteiger charge is 2.31. The number of nitrogens with one attached hydrogen (secondary N) is 2. The zero-order valence-electron chi connectivity index (χ0n) is 19.5. The van der Waals surface area contributed by atoms with Gasteiger partial charge in [0.1, 0.15) is 6.04 Å². The Hall–Kier alpha value is -3.74. The Balaban J connectivity index is 1.29. The lowest BCUT2D eigenvalue weighted by molar-refractivity contribution is -0.117. The second-order valence-corrected chi connectivity index (χ2v) is 10.00. The molecule has 0 aliphatic carbocycles. The van der Waals surface area contributed by atoms with Crippen molar-refractivity contribution in [2.24, 2.45) is 0 Å². The lowest BCUT2D eigenvalue weighted by Crippen LogP contribution is -2.39. The van der Waals surface area contributed by atoms with E-state index in [-0.39, 0.29) is 17.9 Å². The summed E-state index contributed by atoms with van der Waals surface area (Å²) in [6.07, 6.45) is 2.50. The zero-order chi connectivity index (χ0) is 24.4. The van der Waals surface area contributed by atoms with Crippen LogP contribution in [0.2, 0.25) is 0 Å². The second kappa shape index (κ2) is 9.86. The first-order valence-electron chi connectivity index (χ1n) is 11.7. The zero-order valence-corrected chi connectivity index (χ0v) is 20.3. The Kier molecular flexibility index (Phi) is 6.49. The van der Waals surface area contributed by atoms with Crippen molar-refractivity contribution in [1.82, 2.24) is 9.88 Å². The molecule has 1 aromatic heterocycles. The van der Waals surface area contributed by atoms with Crippen molar-refractivity contribution in [3.63, 3.8) is 0 Å². The van der Waals surface area contributed by atoms with Crippen molar-refractivity contribution in [3.8, 4) is 6.07 Å². The first kappa shape index (κ1) is 23.0. The van der Waals surface area contributed by atoms with E-state index < -0.39 is 0 Å². The van der Waals surface area contributed by atoms with Crippen molar-refractivity contribution in [3.05, 3.63) is 70.2 Å². The molecule has 178 valence electrons. The fourth-order valence-electron chi connectivity index (χ4n) is 4.61. The summed E-state index contributed by atoms with van der Waals surface area (Å²) in [5.74, 6) is -0.328. The van der Waals surface area contributed by atoms with Gasteiger partial charge in [0.25, 0.3) is 5.91 Å². The number of thiazole rings is 1. The van der Waals surface area contributed by atoms with Gasteiger partial charge in [-0.1, -0.05) is 12.1 Å². The van der Waals surface area contributed by atoms with Crippen LogP contribution < -0.4 is 15.5 Å². The molecule has 2 aromatic carbocycles. The molecule has 3 aromatic rings. The molecule has 0 spiro atoms. The SMILES string of the molecule is CN1CCc2nc(NC(=O)c3cccc(N4CCC[C@@H]4C(=O)Nc4cccc(C#N)c4)c3)sc2C1. The quantitative estimate of drug-likeness (QED) is 0.568. The van der Waals surface area contributed by atoms with Gasteiger partial charge >= 0.3 is 0 Å². The molecule has 8 nitrogen and oxygen atoms in total. The number of anilines is 3. The maximum atomic E-state index is 13.1. The number of amides is 2. The van der Waals surface area contributed by atoms with E-state index >= 15 is 0 Å². The van der Waals surface area contributed by atoms with Crippen LogP contribution in [0.4, 0.5) is 16.5 Å². The lowest BCUT2D eigenvalue weighted by Gasteiger charge is -2.26. The molecule has 1 atom stereocenters. The van der Waals surface area contributed by atoms with Crippen LogP contribution in [-0.4, -0.2) is 47.9 Å². The van der Waals surface area contributed by atoms with Gasteiger partial charge in [0, 0.05) is 47.9 Å². The second-order valence-electron chi connectivity index (χ2n) is 8.91. The van der Waals surface area contributed by atoms with Gasteiger partial charge in [0.05, 0.1) is 17.3 Å². The number of likely N-dealkylation sites (N-methyl/N-ethyl adjacent to an activating group) is 1. The molecule has 0 radical (unpaired) electrons. The van der Waals surface area contributed by atoms with Crippen molar-refractivity contribution in [1.29, 1.82) is 5.26 Å². The monoisotopic (exact) mass is 486 g/mol. The third-order valence-corrected chi connectivity index (χ3v) is 7.40. The maximum Gasteiger partial charge on any atom is 0.257 e. The van der Waals surface area contributed by atoms with E-state index in [4.69, 9.17) is 5.26 Å². The van der Waals surface area contributed by atoms with Crippen LogP contribution in [0.5, 0.6) is 0 Å². The van der Waals surface area contributed by atoms with E-state index in [1.54, 1.807) is 30.3 Å². The predicted octanol–water partition coefficient (Wildman–Crippen LogP) is 3.86.